The van der Waals surface area contributed by atoms with Crippen molar-refractivity contribution >= 4 is 39.6 Å². The van der Waals surface area contributed by atoms with Crippen LogP contribution < -0.4 is 0 Å². The molecule has 3 nitrogen and oxygen atoms in total. The monoisotopic (exact) mass is 471 g/mol. The number of nitrogens with zero attached hydrogens (tertiary/aromatic N) is 1. The first kappa shape index (κ1) is 19.3. The average Bonchev–Trinajstić information content (AvgIpc) is 3.06. The molecule has 0 amide bonds. The molecule has 5 heteroatoms. The van der Waals surface area contributed by atoms with Gasteiger partial charge in [-0.2, -0.15) is 0 Å². The Morgan fingerprint density at radius 2 is 2.03 bits per heavy atom. The SMILES string of the molecule is O=C(OC[C@H]1[C@@H]2C[C@@H]3CC[C@H]1N3C/C2=C\c1ccc(Br)c(Cl)c1)c1ccccc1. The highest BCUT2D eigenvalue weighted by molar-refractivity contribution is 9.10. The van der Waals surface area contributed by atoms with Gasteiger partial charge in [0.2, 0.25) is 0 Å². The highest BCUT2D eigenvalue weighted by Gasteiger charge is 2.52. The number of benzene rings is 2. The van der Waals surface area contributed by atoms with Crippen molar-refractivity contribution in [3.8, 4) is 0 Å². The zero-order valence-electron chi connectivity index (χ0n) is 16.1. The van der Waals surface area contributed by atoms with Crippen molar-refractivity contribution in [2.45, 2.75) is 31.3 Å². The molecule has 0 spiro atoms. The van der Waals surface area contributed by atoms with Gasteiger partial charge in [-0.3, -0.25) is 4.90 Å². The lowest BCUT2D eigenvalue weighted by atomic mass is 9.71. The summed E-state index contributed by atoms with van der Waals surface area (Å²) in [6, 6.07) is 16.6. The van der Waals surface area contributed by atoms with Crippen molar-refractivity contribution in [3.05, 3.63) is 74.7 Å². The zero-order valence-corrected chi connectivity index (χ0v) is 18.4. The molecule has 29 heavy (non-hydrogen) atoms. The molecule has 2 aromatic carbocycles. The smallest absolute Gasteiger partial charge is 0.338 e. The molecule has 0 N–H and O–H groups in total. The lowest BCUT2D eigenvalue weighted by Crippen LogP contribution is -2.57. The number of piperidine rings is 3. The van der Waals surface area contributed by atoms with Crippen LogP contribution in [0.2, 0.25) is 5.02 Å². The van der Waals surface area contributed by atoms with Gasteiger partial charge in [0.15, 0.2) is 0 Å². The van der Waals surface area contributed by atoms with Gasteiger partial charge in [-0.25, -0.2) is 4.79 Å². The third-order valence-corrected chi connectivity index (χ3v) is 8.01. The van der Waals surface area contributed by atoms with Crippen LogP contribution >= 0.6 is 27.5 Å². The minimum atomic E-state index is -0.221. The van der Waals surface area contributed by atoms with Crippen LogP contribution in [0.15, 0.2) is 58.6 Å². The Morgan fingerprint density at radius 3 is 2.83 bits per heavy atom. The predicted molar refractivity (Wildman–Crippen MR) is 119 cm³/mol. The molecule has 4 aliphatic rings. The third-order valence-electron chi connectivity index (χ3n) is 6.78. The zero-order chi connectivity index (χ0) is 20.0. The van der Waals surface area contributed by atoms with E-state index in [1.54, 1.807) is 0 Å². The number of carbonyl (C=O) groups excluding carboxylic acids is 1. The van der Waals surface area contributed by atoms with E-state index in [9.17, 15) is 4.79 Å². The Bertz CT molecular complexity index is 961. The Hall–Kier alpha value is -1.62. The highest BCUT2D eigenvalue weighted by Crippen LogP contribution is 2.50. The van der Waals surface area contributed by atoms with E-state index in [1.807, 2.05) is 42.5 Å². The summed E-state index contributed by atoms with van der Waals surface area (Å²) >= 11 is 9.76. The summed E-state index contributed by atoms with van der Waals surface area (Å²) in [6.07, 6.45) is 5.94. The van der Waals surface area contributed by atoms with Gasteiger partial charge in [0.1, 0.15) is 0 Å². The van der Waals surface area contributed by atoms with Crippen LogP contribution in [-0.2, 0) is 4.74 Å². The molecule has 4 bridgehead atoms. The van der Waals surface area contributed by atoms with Crippen LogP contribution in [0.4, 0.5) is 0 Å². The fourth-order valence-corrected chi connectivity index (χ4v) is 5.88. The van der Waals surface area contributed by atoms with E-state index < -0.39 is 0 Å². The van der Waals surface area contributed by atoms with Crippen LogP contribution in [0.3, 0.4) is 0 Å². The van der Waals surface area contributed by atoms with Gasteiger partial charge >= 0.3 is 5.97 Å². The summed E-state index contributed by atoms with van der Waals surface area (Å²) in [4.78, 5) is 15.1. The van der Waals surface area contributed by atoms with Crippen molar-refractivity contribution in [2.75, 3.05) is 13.2 Å². The molecule has 0 aliphatic carbocycles. The molecule has 0 radical (unpaired) electrons. The second kappa shape index (κ2) is 7.90. The Labute approximate surface area is 184 Å². The Morgan fingerprint density at radius 1 is 1.21 bits per heavy atom. The van der Waals surface area contributed by atoms with Crippen molar-refractivity contribution in [1.29, 1.82) is 0 Å². The summed E-state index contributed by atoms with van der Waals surface area (Å²) in [5.74, 6) is 0.623. The van der Waals surface area contributed by atoms with E-state index in [4.69, 9.17) is 16.3 Å². The third kappa shape index (κ3) is 3.67. The quantitative estimate of drug-likeness (QED) is 0.525. The van der Waals surface area contributed by atoms with Crippen LogP contribution in [0.25, 0.3) is 6.08 Å². The molecule has 4 saturated heterocycles. The van der Waals surface area contributed by atoms with Crippen LogP contribution in [-0.4, -0.2) is 36.1 Å². The number of halogens is 2. The minimum Gasteiger partial charge on any atom is -0.462 e. The highest BCUT2D eigenvalue weighted by atomic mass is 79.9. The van der Waals surface area contributed by atoms with Gasteiger partial charge in [0.05, 0.1) is 17.2 Å². The van der Waals surface area contributed by atoms with Crippen LogP contribution in [0.1, 0.15) is 35.2 Å². The van der Waals surface area contributed by atoms with Crippen LogP contribution in [0, 0.1) is 11.8 Å². The van der Waals surface area contributed by atoms with E-state index in [0.717, 1.165) is 21.6 Å². The maximum atomic E-state index is 12.5. The molecular formula is C24H23BrClNO2. The second-order valence-electron chi connectivity index (χ2n) is 8.33. The van der Waals surface area contributed by atoms with Crippen LogP contribution in [0.5, 0.6) is 0 Å². The normalized spacial score (nSPS) is 31.2. The molecule has 4 heterocycles. The number of ether oxygens (including phenoxy) is 1. The predicted octanol–water partition coefficient (Wildman–Crippen LogP) is 5.83. The number of esters is 1. The van der Waals surface area contributed by atoms with Gasteiger partial charge in [-0.15, -0.1) is 0 Å². The largest absolute Gasteiger partial charge is 0.462 e. The van der Waals surface area contributed by atoms with Gasteiger partial charge in [0.25, 0.3) is 0 Å². The molecular weight excluding hydrogens is 450 g/mol. The number of hydrogen-bond acceptors (Lipinski definition) is 3. The fraction of sp³-hybridized carbons (Fsp3) is 0.375. The first-order valence-electron chi connectivity index (χ1n) is 10.2. The van der Waals surface area contributed by atoms with E-state index >= 15 is 0 Å². The lowest BCUT2D eigenvalue weighted by molar-refractivity contribution is -0.0150. The number of rotatable bonds is 4. The summed E-state index contributed by atoms with van der Waals surface area (Å²) in [6.45, 7) is 1.52. The lowest BCUT2D eigenvalue weighted by Gasteiger charge is -2.51. The summed E-state index contributed by atoms with van der Waals surface area (Å²) in [7, 11) is 0. The van der Waals surface area contributed by atoms with Crippen molar-refractivity contribution in [3.63, 3.8) is 0 Å². The van der Waals surface area contributed by atoms with Gasteiger partial charge in [-0.05, 0) is 70.9 Å². The molecule has 5 atom stereocenters. The summed E-state index contributed by atoms with van der Waals surface area (Å²) in [5.41, 5.74) is 3.20. The first-order chi connectivity index (χ1) is 14.1. The molecule has 1 unspecified atom stereocenters. The van der Waals surface area contributed by atoms with Gasteiger partial charge < -0.3 is 4.74 Å². The molecule has 150 valence electrons. The molecule has 0 aromatic heterocycles. The van der Waals surface area contributed by atoms with Crippen molar-refractivity contribution < 1.29 is 9.53 Å². The standard InChI is InChI=1S/C24H23BrClNO2/c25-21-8-6-15(11-22(21)26)10-17-13-27-18-7-9-23(27)20(19(17)12-18)14-29-24(28)16-4-2-1-3-5-16/h1-6,8,10-11,18-20,23H,7,9,12-14H2/b17-10+/t18-,19+,20-,23+/m0/s1. The number of hydrogen-bond donors (Lipinski definition) is 0. The van der Waals surface area contributed by atoms with E-state index in [-0.39, 0.29) is 5.97 Å². The molecule has 4 aliphatic heterocycles. The number of carbonyl (C=O) groups is 1. The van der Waals surface area contributed by atoms with Crippen molar-refractivity contribution in [2.24, 2.45) is 11.8 Å². The molecule has 2 aromatic rings. The molecule has 6 rings (SSSR count). The van der Waals surface area contributed by atoms with E-state index in [2.05, 4.69) is 33.0 Å². The van der Waals surface area contributed by atoms with Gasteiger partial charge in [0, 0.05) is 29.0 Å². The van der Waals surface area contributed by atoms with E-state index in [0.29, 0.717) is 36.1 Å². The minimum absolute atomic E-state index is 0.221. The topological polar surface area (TPSA) is 29.5 Å². The average molecular weight is 473 g/mol. The van der Waals surface area contributed by atoms with E-state index in [1.165, 1.54) is 24.8 Å². The summed E-state index contributed by atoms with van der Waals surface area (Å²) in [5, 5.41) is 0.731. The first-order valence-corrected chi connectivity index (χ1v) is 11.4. The molecule has 0 saturated carbocycles. The summed E-state index contributed by atoms with van der Waals surface area (Å²) < 4.78 is 6.70. The maximum absolute atomic E-state index is 12.5. The Balaban J connectivity index is 1.36. The number of fused-ring (bicyclic) bond motifs is 1. The fourth-order valence-electron chi connectivity index (χ4n) is 5.44. The van der Waals surface area contributed by atoms with Crippen molar-refractivity contribution in [1.82, 2.24) is 4.90 Å². The Kier molecular flexibility index (Phi) is 5.27. The molecule has 4 fully saturated rings. The van der Waals surface area contributed by atoms with Gasteiger partial charge in [-0.1, -0.05) is 47.5 Å². The second-order valence-corrected chi connectivity index (χ2v) is 9.60. The maximum Gasteiger partial charge on any atom is 0.338 e.